The summed E-state index contributed by atoms with van der Waals surface area (Å²) in [5.41, 5.74) is 0.771. The molecule has 1 N–H and O–H groups in total. The predicted octanol–water partition coefficient (Wildman–Crippen LogP) is 2.88. The first-order valence-electron chi connectivity index (χ1n) is 6.01. The van der Waals surface area contributed by atoms with Crippen LogP contribution in [0, 0.1) is 0 Å². The lowest BCUT2D eigenvalue weighted by Crippen LogP contribution is -2.27. The van der Waals surface area contributed by atoms with Gasteiger partial charge in [0.15, 0.2) is 8.32 Å². The summed E-state index contributed by atoms with van der Waals surface area (Å²) in [6.07, 6.45) is 0. The number of hydrogen-bond acceptors (Lipinski definition) is 3. The lowest BCUT2D eigenvalue weighted by Gasteiger charge is -2.17. The van der Waals surface area contributed by atoms with Crippen molar-refractivity contribution in [1.29, 1.82) is 0 Å². The van der Waals surface area contributed by atoms with Crippen LogP contribution < -0.4 is 10.1 Å². The van der Waals surface area contributed by atoms with Crippen LogP contribution in [-0.4, -0.2) is 27.4 Å². The Morgan fingerprint density at radius 1 is 1.17 bits per heavy atom. The lowest BCUT2D eigenvalue weighted by atomic mass is 10.3. The summed E-state index contributed by atoms with van der Waals surface area (Å²) in [5, 5.41) is 2.71. The Balaban J connectivity index is 2.33. The summed E-state index contributed by atoms with van der Waals surface area (Å²) < 4.78 is 11.2. The number of benzene rings is 1. The number of amides is 1. The highest BCUT2D eigenvalue weighted by molar-refractivity contribution is 6.69. The highest BCUT2D eigenvalue weighted by Crippen LogP contribution is 2.15. The molecule has 18 heavy (non-hydrogen) atoms. The summed E-state index contributed by atoms with van der Waals surface area (Å²) in [7, 11) is -1.45. The molecule has 0 radical (unpaired) electrons. The molecular formula is C13H21NO3Si. The molecule has 0 aliphatic carbocycles. The van der Waals surface area contributed by atoms with Crippen molar-refractivity contribution < 1.29 is 14.0 Å². The Morgan fingerprint density at radius 2 is 1.78 bits per heavy atom. The van der Waals surface area contributed by atoms with Gasteiger partial charge in [0.2, 0.25) is 5.91 Å². The topological polar surface area (TPSA) is 47.6 Å². The molecule has 4 nitrogen and oxygen atoms in total. The minimum absolute atomic E-state index is 0.0767. The molecule has 1 aromatic rings. The van der Waals surface area contributed by atoms with Crippen LogP contribution in [0.1, 0.15) is 6.92 Å². The third-order valence-corrected chi connectivity index (χ3v) is 3.13. The number of nitrogens with one attached hydrogen (secondary N) is 1. The number of carbonyl (C=O) groups excluding carboxylic acids is 1. The molecule has 0 unspecified atom stereocenters. The van der Waals surface area contributed by atoms with Crippen molar-refractivity contribution in [1.82, 2.24) is 0 Å². The number of rotatable bonds is 6. The average Bonchev–Trinajstić information content (AvgIpc) is 2.24. The van der Waals surface area contributed by atoms with Crippen LogP contribution in [0.3, 0.4) is 0 Å². The number of ether oxygens (including phenoxy) is 1. The Hall–Kier alpha value is -1.33. The molecule has 5 heteroatoms. The Kier molecular flexibility index (Phi) is 5.37. The van der Waals surface area contributed by atoms with Crippen molar-refractivity contribution in [3.63, 3.8) is 0 Å². The van der Waals surface area contributed by atoms with E-state index in [4.69, 9.17) is 9.16 Å². The lowest BCUT2D eigenvalue weighted by molar-refractivity contribution is -0.114. The van der Waals surface area contributed by atoms with Gasteiger partial charge in [-0.2, -0.15) is 0 Å². The quantitative estimate of drug-likeness (QED) is 0.637. The maximum absolute atomic E-state index is 10.8. The molecule has 0 spiro atoms. The van der Waals surface area contributed by atoms with Gasteiger partial charge in [0.1, 0.15) is 12.4 Å². The molecule has 1 amide bonds. The second-order valence-electron chi connectivity index (χ2n) is 5.01. The van der Waals surface area contributed by atoms with E-state index in [0.29, 0.717) is 13.2 Å². The van der Waals surface area contributed by atoms with Gasteiger partial charge in [-0.05, 0) is 43.9 Å². The molecule has 100 valence electrons. The molecule has 0 saturated carbocycles. The van der Waals surface area contributed by atoms with Gasteiger partial charge in [-0.1, -0.05) is 0 Å². The summed E-state index contributed by atoms with van der Waals surface area (Å²) in [4.78, 5) is 10.8. The van der Waals surface area contributed by atoms with Crippen molar-refractivity contribution in [3.05, 3.63) is 24.3 Å². The first-order chi connectivity index (χ1) is 8.37. The molecule has 0 saturated heterocycles. The standard InChI is InChI=1S/C13H21NO3Si/c1-11(15)14-12-5-7-13(8-6-12)16-9-10-17-18(2,3)4/h5-8H,9-10H2,1-4H3,(H,14,15). The third kappa shape index (κ3) is 6.41. The fourth-order valence-electron chi connectivity index (χ4n) is 1.35. The van der Waals surface area contributed by atoms with Crippen LogP contribution in [-0.2, 0) is 9.22 Å². The van der Waals surface area contributed by atoms with Gasteiger partial charge < -0.3 is 14.5 Å². The molecule has 0 bridgehead atoms. The fraction of sp³-hybridized carbons (Fsp3) is 0.462. The van der Waals surface area contributed by atoms with Crippen molar-refractivity contribution in [2.45, 2.75) is 26.6 Å². The van der Waals surface area contributed by atoms with Gasteiger partial charge in [-0.25, -0.2) is 0 Å². The molecule has 0 aliphatic heterocycles. The summed E-state index contributed by atoms with van der Waals surface area (Å²) in [5.74, 6) is 0.704. The summed E-state index contributed by atoms with van der Waals surface area (Å²) >= 11 is 0. The summed E-state index contributed by atoms with van der Waals surface area (Å²) in [6, 6.07) is 7.30. The minimum Gasteiger partial charge on any atom is -0.491 e. The average molecular weight is 267 g/mol. The molecule has 1 aromatic carbocycles. The molecule has 0 heterocycles. The van der Waals surface area contributed by atoms with Crippen LogP contribution in [0.2, 0.25) is 19.6 Å². The van der Waals surface area contributed by atoms with Crippen molar-refractivity contribution in [3.8, 4) is 5.75 Å². The SMILES string of the molecule is CC(=O)Nc1ccc(OCCO[Si](C)(C)C)cc1. The van der Waals surface area contributed by atoms with Gasteiger partial charge in [-0.3, -0.25) is 4.79 Å². The number of carbonyl (C=O) groups is 1. The van der Waals surface area contributed by atoms with Crippen molar-refractivity contribution in [2.24, 2.45) is 0 Å². The van der Waals surface area contributed by atoms with Crippen molar-refractivity contribution in [2.75, 3.05) is 18.5 Å². The van der Waals surface area contributed by atoms with E-state index in [1.165, 1.54) is 6.92 Å². The van der Waals surface area contributed by atoms with E-state index >= 15 is 0 Å². The van der Waals surface area contributed by atoms with E-state index in [9.17, 15) is 4.79 Å². The van der Waals surface area contributed by atoms with E-state index in [1.54, 1.807) is 0 Å². The highest BCUT2D eigenvalue weighted by atomic mass is 28.4. The maximum atomic E-state index is 10.8. The Bertz CT molecular complexity index is 384. The van der Waals surface area contributed by atoms with E-state index in [0.717, 1.165) is 11.4 Å². The Morgan fingerprint density at radius 3 is 2.28 bits per heavy atom. The zero-order chi connectivity index (χ0) is 13.6. The first-order valence-corrected chi connectivity index (χ1v) is 9.42. The highest BCUT2D eigenvalue weighted by Gasteiger charge is 2.13. The molecule has 0 fully saturated rings. The van der Waals surface area contributed by atoms with Gasteiger partial charge >= 0.3 is 0 Å². The zero-order valence-corrected chi connectivity index (χ0v) is 12.4. The van der Waals surface area contributed by atoms with Crippen molar-refractivity contribution >= 4 is 19.9 Å². The summed E-state index contributed by atoms with van der Waals surface area (Å²) in [6.45, 7) is 9.09. The number of hydrogen-bond donors (Lipinski definition) is 1. The largest absolute Gasteiger partial charge is 0.491 e. The van der Waals surface area contributed by atoms with Crippen LogP contribution >= 0.6 is 0 Å². The van der Waals surface area contributed by atoms with Crippen LogP contribution in [0.25, 0.3) is 0 Å². The predicted molar refractivity (Wildman–Crippen MR) is 75.5 cm³/mol. The second-order valence-corrected chi connectivity index (χ2v) is 9.53. The molecular weight excluding hydrogens is 246 g/mol. The smallest absolute Gasteiger partial charge is 0.221 e. The van der Waals surface area contributed by atoms with Crippen LogP contribution in [0.5, 0.6) is 5.75 Å². The van der Waals surface area contributed by atoms with E-state index in [2.05, 4.69) is 25.0 Å². The molecule has 1 rings (SSSR count). The van der Waals surface area contributed by atoms with Gasteiger partial charge in [0.25, 0.3) is 0 Å². The molecule has 0 aliphatic rings. The Labute approximate surface area is 109 Å². The normalized spacial score (nSPS) is 11.1. The fourth-order valence-corrected chi connectivity index (χ4v) is 2.04. The van der Waals surface area contributed by atoms with Crippen LogP contribution in [0.4, 0.5) is 5.69 Å². The van der Waals surface area contributed by atoms with Gasteiger partial charge in [-0.15, -0.1) is 0 Å². The second kappa shape index (κ2) is 6.56. The maximum Gasteiger partial charge on any atom is 0.221 e. The monoisotopic (exact) mass is 267 g/mol. The number of anilines is 1. The van der Waals surface area contributed by atoms with E-state index < -0.39 is 8.32 Å². The van der Waals surface area contributed by atoms with Gasteiger partial charge in [0, 0.05) is 12.6 Å². The van der Waals surface area contributed by atoms with Gasteiger partial charge in [0.05, 0.1) is 6.61 Å². The zero-order valence-electron chi connectivity index (χ0n) is 11.4. The molecule has 0 aromatic heterocycles. The third-order valence-electron chi connectivity index (χ3n) is 2.06. The van der Waals surface area contributed by atoms with Crippen LogP contribution in [0.15, 0.2) is 24.3 Å². The minimum atomic E-state index is -1.45. The van der Waals surface area contributed by atoms with E-state index in [1.807, 2.05) is 24.3 Å². The first kappa shape index (κ1) is 14.7. The van der Waals surface area contributed by atoms with E-state index in [-0.39, 0.29) is 5.91 Å². The molecule has 0 atom stereocenters.